The van der Waals surface area contributed by atoms with Gasteiger partial charge in [-0.1, -0.05) is 24.4 Å². The van der Waals surface area contributed by atoms with Crippen LogP contribution in [0.1, 0.15) is 43.6 Å². The van der Waals surface area contributed by atoms with Crippen LogP contribution < -0.4 is 0 Å². The molecule has 1 aliphatic carbocycles. The zero-order valence-corrected chi connectivity index (χ0v) is 12.3. The van der Waals surface area contributed by atoms with Gasteiger partial charge in [0.15, 0.2) is 6.10 Å². The van der Waals surface area contributed by atoms with Crippen molar-refractivity contribution in [1.29, 1.82) is 0 Å². The number of nitrogens with zero attached hydrogens (tertiary/aromatic N) is 1. The van der Waals surface area contributed by atoms with Gasteiger partial charge < -0.3 is 8.71 Å². The Labute approximate surface area is 114 Å². The Morgan fingerprint density at radius 3 is 2.63 bits per heavy atom. The monoisotopic (exact) mass is 288 g/mol. The van der Waals surface area contributed by atoms with E-state index >= 15 is 0 Å². The Balaban J connectivity index is 2.08. The Morgan fingerprint density at radius 1 is 1.42 bits per heavy atom. The van der Waals surface area contributed by atoms with Gasteiger partial charge in [0.05, 0.1) is 12.1 Å². The first-order valence-electron chi connectivity index (χ1n) is 6.78. The minimum absolute atomic E-state index is 0.206. The molecule has 0 spiro atoms. The highest BCUT2D eigenvalue weighted by atomic mass is 32.2. The van der Waals surface area contributed by atoms with Crippen molar-refractivity contribution in [2.24, 2.45) is 5.92 Å². The fraction of sp³-hybridized carbons (Fsp3) is 0.769. The molecule has 0 saturated heterocycles. The molecule has 0 bridgehead atoms. The largest absolute Gasteiger partial charge is 0.376 e. The highest BCUT2D eigenvalue weighted by molar-refractivity contribution is 7.85. The van der Waals surface area contributed by atoms with Crippen molar-refractivity contribution in [3.63, 3.8) is 0 Å². The smallest absolute Gasteiger partial charge is 0.361 e. The summed E-state index contributed by atoms with van der Waals surface area (Å²) in [5.74, 6) is 1.06. The van der Waals surface area contributed by atoms with E-state index in [-0.39, 0.29) is 6.10 Å². The van der Waals surface area contributed by atoms with Crippen LogP contribution >= 0.6 is 0 Å². The summed E-state index contributed by atoms with van der Waals surface area (Å²) in [5.41, 5.74) is 0.816. The van der Waals surface area contributed by atoms with Gasteiger partial charge in [-0.25, -0.2) is 0 Å². The molecule has 1 heterocycles. The SMILES string of the molecule is Cc1cc(CC([OH+]S(C)(=O)=O)C2CCCCC2)on1. The lowest BCUT2D eigenvalue weighted by Gasteiger charge is -2.25. The van der Waals surface area contributed by atoms with E-state index in [1.807, 2.05) is 13.0 Å². The van der Waals surface area contributed by atoms with Crippen molar-refractivity contribution >= 4 is 10.1 Å². The van der Waals surface area contributed by atoms with E-state index in [4.69, 9.17) is 4.52 Å². The molecule has 1 unspecified atom stereocenters. The summed E-state index contributed by atoms with van der Waals surface area (Å²) in [6, 6.07) is 1.85. The van der Waals surface area contributed by atoms with Gasteiger partial charge in [0.1, 0.15) is 12.0 Å². The summed E-state index contributed by atoms with van der Waals surface area (Å²) < 4.78 is 32.2. The number of rotatable bonds is 5. The van der Waals surface area contributed by atoms with E-state index in [0.29, 0.717) is 12.3 Å². The third-order valence-corrected chi connectivity index (χ3v) is 4.26. The van der Waals surface area contributed by atoms with E-state index in [1.165, 1.54) is 6.42 Å². The highest BCUT2D eigenvalue weighted by Crippen LogP contribution is 2.29. The standard InChI is InChI=1S/C13H21NO4S/c1-10-8-12(17-14-10)9-13(18-19(2,15)16)11-6-4-3-5-7-11/h8,11,13H,3-7,9H2,1-2H3/p+1. The zero-order chi connectivity index (χ0) is 13.9. The van der Waals surface area contributed by atoms with Crippen LogP contribution in [-0.4, -0.2) is 30.1 Å². The molecule has 1 fully saturated rings. The van der Waals surface area contributed by atoms with Crippen molar-refractivity contribution in [1.82, 2.24) is 5.16 Å². The van der Waals surface area contributed by atoms with E-state index in [0.717, 1.165) is 43.4 Å². The lowest BCUT2D eigenvalue weighted by atomic mass is 9.84. The first-order valence-corrected chi connectivity index (χ1v) is 8.63. The molecular formula is C13H22NO4S+. The van der Waals surface area contributed by atoms with Crippen LogP contribution in [0, 0.1) is 12.8 Å². The maximum Gasteiger partial charge on any atom is 0.376 e. The Hall–Kier alpha value is -0.880. The van der Waals surface area contributed by atoms with Crippen LogP contribution in [0.25, 0.3) is 0 Å². The van der Waals surface area contributed by atoms with Crippen LogP contribution in [0.3, 0.4) is 0 Å². The van der Waals surface area contributed by atoms with Gasteiger partial charge in [-0.2, -0.15) is 8.42 Å². The van der Waals surface area contributed by atoms with Crippen molar-refractivity contribution in [3.8, 4) is 0 Å². The summed E-state index contributed by atoms with van der Waals surface area (Å²) in [4.78, 5) is 0. The van der Waals surface area contributed by atoms with E-state index < -0.39 is 10.1 Å². The third kappa shape index (κ3) is 4.62. The number of aryl methyl sites for hydroxylation is 1. The maximum atomic E-state index is 11.5. The summed E-state index contributed by atoms with van der Waals surface area (Å²) >= 11 is 0. The van der Waals surface area contributed by atoms with Gasteiger partial charge >= 0.3 is 10.1 Å². The summed E-state index contributed by atoms with van der Waals surface area (Å²) in [5, 5.41) is 3.85. The van der Waals surface area contributed by atoms with Gasteiger partial charge in [0.2, 0.25) is 0 Å². The molecule has 108 valence electrons. The molecule has 0 radical (unpaired) electrons. The van der Waals surface area contributed by atoms with Crippen molar-refractivity contribution < 1.29 is 17.1 Å². The molecule has 2 rings (SSSR count). The fourth-order valence-electron chi connectivity index (χ4n) is 2.77. The third-order valence-electron chi connectivity index (χ3n) is 3.61. The molecule has 0 aliphatic heterocycles. The van der Waals surface area contributed by atoms with Gasteiger partial charge in [0.25, 0.3) is 0 Å². The minimum Gasteiger partial charge on any atom is -0.361 e. The second-order valence-electron chi connectivity index (χ2n) is 5.44. The first-order chi connectivity index (χ1) is 8.94. The first kappa shape index (κ1) is 14.5. The second-order valence-corrected chi connectivity index (χ2v) is 7.12. The predicted octanol–water partition coefficient (Wildman–Crippen LogP) is 1.96. The molecule has 0 amide bonds. The van der Waals surface area contributed by atoms with Crippen molar-refractivity contribution in [3.05, 3.63) is 17.5 Å². The lowest BCUT2D eigenvalue weighted by Crippen LogP contribution is -2.33. The minimum atomic E-state index is -3.32. The van der Waals surface area contributed by atoms with Gasteiger partial charge in [0, 0.05) is 12.0 Å². The molecule has 1 N–H and O–H groups in total. The predicted molar refractivity (Wildman–Crippen MR) is 72.4 cm³/mol. The quantitative estimate of drug-likeness (QED) is 0.471. The van der Waals surface area contributed by atoms with Crippen LogP contribution in [0.4, 0.5) is 0 Å². The molecule has 5 nitrogen and oxygen atoms in total. The van der Waals surface area contributed by atoms with E-state index in [2.05, 4.69) is 9.34 Å². The van der Waals surface area contributed by atoms with Crippen LogP contribution in [0.2, 0.25) is 0 Å². The molecule has 0 aromatic carbocycles. The molecule has 1 aliphatic rings. The zero-order valence-electron chi connectivity index (χ0n) is 11.5. The lowest BCUT2D eigenvalue weighted by molar-refractivity contribution is -0.00102. The van der Waals surface area contributed by atoms with Gasteiger partial charge in [-0.05, 0) is 19.8 Å². The van der Waals surface area contributed by atoms with Crippen LogP contribution in [-0.2, 0) is 16.5 Å². The fourth-order valence-corrected chi connectivity index (χ4v) is 3.51. The van der Waals surface area contributed by atoms with Crippen molar-refractivity contribution in [2.75, 3.05) is 6.26 Å². The number of hydrogen-bond acceptors (Lipinski definition) is 4. The van der Waals surface area contributed by atoms with Crippen LogP contribution in [0.5, 0.6) is 0 Å². The number of aliphatic hydroxyl groups is 1. The van der Waals surface area contributed by atoms with E-state index in [1.54, 1.807) is 0 Å². The average molecular weight is 288 g/mol. The van der Waals surface area contributed by atoms with Gasteiger partial charge in [-0.3, -0.25) is 0 Å². The Kier molecular flexibility index (Phi) is 4.62. The molecule has 6 heteroatoms. The summed E-state index contributed by atoms with van der Waals surface area (Å²) in [6.45, 7) is 1.86. The molecule has 1 aromatic rings. The molecule has 1 atom stereocenters. The number of aromatic nitrogens is 1. The topological polar surface area (TPSA) is 73.0 Å². The normalized spacial score (nSPS) is 19.5. The number of hydrogen-bond donors (Lipinski definition) is 0. The van der Waals surface area contributed by atoms with E-state index in [9.17, 15) is 8.42 Å². The Bertz CT molecular complexity index is 502. The summed E-state index contributed by atoms with van der Waals surface area (Å²) in [7, 11) is -3.32. The second kappa shape index (κ2) is 6.05. The van der Waals surface area contributed by atoms with Crippen LogP contribution in [0.15, 0.2) is 10.6 Å². The maximum absolute atomic E-state index is 11.5. The molecule has 1 aromatic heterocycles. The molecular weight excluding hydrogens is 266 g/mol. The average Bonchev–Trinajstić information content (AvgIpc) is 2.73. The molecule has 1 saturated carbocycles. The molecule has 19 heavy (non-hydrogen) atoms. The summed E-state index contributed by atoms with van der Waals surface area (Å²) in [6.07, 6.45) is 7.15. The highest BCUT2D eigenvalue weighted by Gasteiger charge is 2.32. The van der Waals surface area contributed by atoms with Crippen molar-refractivity contribution in [2.45, 2.75) is 51.6 Å². The van der Waals surface area contributed by atoms with Gasteiger partial charge in [-0.15, -0.1) is 0 Å². The Morgan fingerprint density at radius 2 is 2.11 bits per heavy atom.